The lowest BCUT2D eigenvalue weighted by Crippen LogP contribution is -2.12. The number of hydrogen-bond acceptors (Lipinski definition) is 4. The topological polar surface area (TPSA) is 52.5 Å². The van der Waals surface area contributed by atoms with Crippen LogP contribution >= 0.6 is 11.3 Å². The number of aromatic nitrogens is 1. The molecule has 0 saturated heterocycles. The second kappa shape index (κ2) is 3.34. The van der Waals surface area contributed by atoms with Crippen molar-refractivity contribution in [3.8, 4) is 5.75 Å². The number of methoxy groups -OCH3 is 1. The molecule has 0 saturated carbocycles. The van der Waals surface area contributed by atoms with E-state index in [0.29, 0.717) is 0 Å². The summed E-state index contributed by atoms with van der Waals surface area (Å²) in [5.41, 5.74) is 1.11. The first kappa shape index (κ1) is 9.08. The van der Waals surface area contributed by atoms with E-state index in [-0.39, 0.29) is 0 Å². The van der Waals surface area contributed by atoms with Crippen LogP contribution in [0.25, 0.3) is 10.2 Å². The lowest BCUT2D eigenvalue weighted by Gasteiger charge is -1.99. The van der Waals surface area contributed by atoms with E-state index in [4.69, 9.17) is 10.6 Å². The van der Waals surface area contributed by atoms with E-state index in [1.54, 1.807) is 18.4 Å². The van der Waals surface area contributed by atoms with Gasteiger partial charge in [-0.2, -0.15) is 5.10 Å². The van der Waals surface area contributed by atoms with Crippen molar-refractivity contribution in [3.63, 3.8) is 0 Å². The second-order valence-corrected chi connectivity index (χ2v) is 3.92. The third kappa shape index (κ3) is 1.26. The van der Waals surface area contributed by atoms with Crippen LogP contribution in [-0.4, -0.2) is 11.7 Å². The van der Waals surface area contributed by atoms with Gasteiger partial charge < -0.3 is 15.1 Å². The van der Waals surface area contributed by atoms with Gasteiger partial charge in [-0.05, 0) is 18.2 Å². The third-order valence-electron chi connectivity index (χ3n) is 2.13. The Hall–Kier alpha value is -1.49. The summed E-state index contributed by atoms with van der Waals surface area (Å²) >= 11 is 1.54. The standard InChI is InChI=1S/C9H11N3OS/c1-12-7-4-3-6(13-2)5-8(7)14-9(12)11-10/h3-5H,10H2,1-2H3. The molecule has 0 radical (unpaired) electrons. The van der Waals surface area contributed by atoms with E-state index < -0.39 is 0 Å². The summed E-state index contributed by atoms with van der Waals surface area (Å²) in [7, 11) is 3.60. The molecule has 5 heteroatoms. The van der Waals surface area contributed by atoms with Crippen molar-refractivity contribution >= 4 is 21.6 Å². The summed E-state index contributed by atoms with van der Waals surface area (Å²) in [6.07, 6.45) is 0. The molecule has 0 aliphatic rings. The summed E-state index contributed by atoms with van der Waals surface area (Å²) in [5, 5.41) is 3.70. The van der Waals surface area contributed by atoms with Gasteiger partial charge in [0.1, 0.15) is 5.75 Å². The fourth-order valence-electron chi connectivity index (χ4n) is 1.36. The van der Waals surface area contributed by atoms with Gasteiger partial charge in [0.25, 0.3) is 0 Å². The van der Waals surface area contributed by atoms with Gasteiger partial charge in [0.05, 0.1) is 17.3 Å². The molecule has 74 valence electrons. The minimum atomic E-state index is 0.799. The highest BCUT2D eigenvalue weighted by molar-refractivity contribution is 7.16. The first-order valence-electron chi connectivity index (χ1n) is 4.13. The van der Waals surface area contributed by atoms with E-state index in [9.17, 15) is 0 Å². The quantitative estimate of drug-likeness (QED) is 0.563. The number of nitrogens with two attached hydrogens (primary N) is 1. The van der Waals surface area contributed by atoms with E-state index in [0.717, 1.165) is 20.8 Å². The normalized spacial score (nSPS) is 12.3. The molecular weight excluding hydrogens is 198 g/mol. The summed E-state index contributed by atoms with van der Waals surface area (Å²) < 4.78 is 8.22. The van der Waals surface area contributed by atoms with Gasteiger partial charge in [-0.25, -0.2) is 0 Å². The van der Waals surface area contributed by atoms with E-state index in [1.807, 2.05) is 29.8 Å². The fourth-order valence-corrected chi connectivity index (χ4v) is 2.33. The molecule has 0 bridgehead atoms. The van der Waals surface area contributed by atoms with Crippen LogP contribution in [0.4, 0.5) is 0 Å². The maximum absolute atomic E-state index is 5.27. The number of aryl methyl sites for hydroxylation is 1. The van der Waals surface area contributed by atoms with E-state index in [1.165, 1.54) is 0 Å². The number of ether oxygens (including phenoxy) is 1. The molecule has 0 spiro atoms. The maximum Gasteiger partial charge on any atom is 0.208 e. The molecular formula is C9H11N3OS. The average Bonchev–Trinajstić information content (AvgIpc) is 2.55. The minimum Gasteiger partial charge on any atom is -0.497 e. The van der Waals surface area contributed by atoms with Crippen LogP contribution in [0.1, 0.15) is 0 Å². The SMILES string of the molecule is COc1ccc2c(c1)sc(=NN)n2C. The Bertz CT molecular complexity index is 526. The van der Waals surface area contributed by atoms with Crippen LogP contribution in [0.5, 0.6) is 5.75 Å². The predicted octanol–water partition coefficient (Wildman–Crippen LogP) is 1.02. The van der Waals surface area contributed by atoms with Gasteiger partial charge in [-0.1, -0.05) is 11.3 Å². The van der Waals surface area contributed by atoms with Gasteiger partial charge in [0, 0.05) is 7.05 Å². The van der Waals surface area contributed by atoms with Crippen molar-refractivity contribution < 1.29 is 4.74 Å². The van der Waals surface area contributed by atoms with Crippen molar-refractivity contribution in [3.05, 3.63) is 23.0 Å². The third-order valence-corrected chi connectivity index (χ3v) is 3.24. The maximum atomic E-state index is 5.27. The van der Waals surface area contributed by atoms with Gasteiger partial charge in [0.15, 0.2) is 0 Å². The van der Waals surface area contributed by atoms with Gasteiger partial charge >= 0.3 is 0 Å². The van der Waals surface area contributed by atoms with Gasteiger partial charge in [-0.15, -0.1) is 0 Å². The van der Waals surface area contributed by atoms with Crippen LogP contribution in [0.3, 0.4) is 0 Å². The first-order chi connectivity index (χ1) is 6.76. The van der Waals surface area contributed by atoms with Crippen LogP contribution in [-0.2, 0) is 7.05 Å². The highest BCUT2D eigenvalue weighted by Crippen LogP contribution is 2.22. The lowest BCUT2D eigenvalue weighted by atomic mass is 10.3. The second-order valence-electron chi connectivity index (χ2n) is 2.91. The largest absolute Gasteiger partial charge is 0.497 e. The van der Waals surface area contributed by atoms with E-state index >= 15 is 0 Å². The molecule has 0 atom stereocenters. The number of benzene rings is 1. The van der Waals surface area contributed by atoms with Crippen molar-refractivity contribution in [1.29, 1.82) is 0 Å². The molecule has 2 N–H and O–H groups in total. The minimum absolute atomic E-state index is 0.799. The molecule has 0 fully saturated rings. The number of thiazole rings is 1. The zero-order valence-electron chi connectivity index (χ0n) is 8.02. The monoisotopic (exact) mass is 209 g/mol. The summed E-state index contributed by atoms with van der Waals surface area (Å²) in [6, 6.07) is 5.91. The van der Waals surface area contributed by atoms with Crippen molar-refractivity contribution in [2.24, 2.45) is 18.0 Å². The molecule has 0 aliphatic heterocycles. The van der Waals surface area contributed by atoms with Crippen molar-refractivity contribution in [2.45, 2.75) is 0 Å². The van der Waals surface area contributed by atoms with Crippen molar-refractivity contribution in [1.82, 2.24) is 4.57 Å². The zero-order valence-corrected chi connectivity index (χ0v) is 8.84. The summed E-state index contributed by atoms with van der Waals surface area (Å²) in [5.74, 6) is 6.12. The highest BCUT2D eigenvalue weighted by atomic mass is 32.1. The highest BCUT2D eigenvalue weighted by Gasteiger charge is 2.03. The van der Waals surface area contributed by atoms with Gasteiger partial charge in [-0.3, -0.25) is 0 Å². The lowest BCUT2D eigenvalue weighted by molar-refractivity contribution is 0.415. The molecule has 0 amide bonds. The average molecular weight is 209 g/mol. The smallest absolute Gasteiger partial charge is 0.208 e. The van der Waals surface area contributed by atoms with Crippen LogP contribution in [0.15, 0.2) is 23.3 Å². The molecule has 1 aromatic heterocycles. The molecule has 14 heavy (non-hydrogen) atoms. The predicted molar refractivity (Wildman–Crippen MR) is 57.1 cm³/mol. The number of hydrogen-bond donors (Lipinski definition) is 1. The van der Waals surface area contributed by atoms with Crippen LogP contribution in [0.2, 0.25) is 0 Å². The molecule has 0 aliphatic carbocycles. The zero-order chi connectivity index (χ0) is 10.1. The van der Waals surface area contributed by atoms with Gasteiger partial charge in [0.2, 0.25) is 4.80 Å². The Morgan fingerprint density at radius 3 is 2.93 bits per heavy atom. The number of fused-ring (bicyclic) bond motifs is 1. The fraction of sp³-hybridized carbons (Fsp3) is 0.222. The molecule has 2 aromatic rings. The molecule has 2 rings (SSSR count). The van der Waals surface area contributed by atoms with E-state index in [2.05, 4.69) is 5.10 Å². The molecule has 1 aromatic carbocycles. The Morgan fingerprint density at radius 1 is 1.50 bits per heavy atom. The molecule has 4 nitrogen and oxygen atoms in total. The Kier molecular flexibility index (Phi) is 2.17. The Labute approximate surface area is 85.2 Å². The van der Waals surface area contributed by atoms with Crippen LogP contribution < -0.4 is 15.4 Å². The first-order valence-corrected chi connectivity index (χ1v) is 4.95. The summed E-state index contributed by atoms with van der Waals surface area (Å²) in [4.78, 5) is 0.799. The molecule has 0 unspecified atom stereocenters. The van der Waals surface area contributed by atoms with Crippen molar-refractivity contribution in [2.75, 3.05) is 7.11 Å². The number of nitrogens with zero attached hydrogens (tertiary/aromatic N) is 2. The Balaban J connectivity index is 2.79. The number of rotatable bonds is 1. The Morgan fingerprint density at radius 2 is 2.29 bits per heavy atom. The summed E-state index contributed by atoms with van der Waals surface area (Å²) in [6.45, 7) is 0. The van der Waals surface area contributed by atoms with Crippen LogP contribution in [0, 0.1) is 0 Å². The molecule has 1 heterocycles.